The zero-order valence-corrected chi connectivity index (χ0v) is 19.9. The Morgan fingerprint density at radius 2 is 1.21 bits per heavy atom. The minimum Gasteiger partial charge on any atom is -0.456 e. The van der Waals surface area contributed by atoms with Crippen molar-refractivity contribution >= 4 is 49.5 Å². The van der Waals surface area contributed by atoms with E-state index < -0.39 is 0 Å². The van der Waals surface area contributed by atoms with Crippen molar-refractivity contribution in [3.8, 4) is 33.4 Å². The molecule has 3 heteroatoms. The Hall–Kier alpha value is -3.33. The van der Waals surface area contributed by atoms with Crippen LogP contribution in [0.4, 0.5) is 0 Å². The third-order valence-electron chi connectivity index (χ3n) is 6.02. The van der Waals surface area contributed by atoms with E-state index in [1.54, 1.807) is 0 Å². The van der Waals surface area contributed by atoms with Crippen molar-refractivity contribution in [2.75, 3.05) is 0 Å². The Labute approximate surface area is 205 Å². The molecule has 0 N–H and O–H groups in total. The monoisotopic (exact) mass is 508 g/mol. The van der Waals surface area contributed by atoms with Gasteiger partial charge in [0.15, 0.2) is 0 Å². The summed E-state index contributed by atoms with van der Waals surface area (Å²) < 4.78 is 7.22. The summed E-state index contributed by atoms with van der Waals surface area (Å²) in [6.07, 6.45) is 0. The summed E-state index contributed by atoms with van der Waals surface area (Å²) in [5, 5.41) is 2.99. The van der Waals surface area contributed by atoms with Gasteiger partial charge in [-0.05, 0) is 81.9 Å². The van der Waals surface area contributed by atoms with Crippen LogP contribution in [0.5, 0.6) is 0 Å². The Kier molecular flexibility index (Phi) is 5.05. The fourth-order valence-corrected chi connectivity index (χ4v) is 4.90. The summed E-state index contributed by atoms with van der Waals surface area (Å²) in [5.41, 5.74) is 8.77. The second-order valence-electron chi connectivity index (χ2n) is 8.09. The Balaban J connectivity index is 1.47. The van der Waals surface area contributed by atoms with Crippen LogP contribution in [0.15, 0.2) is 118 Å². The van der Waals surface area contributed by atoms with E-state index in [2.05, 4.69) is 101 Å². The maximum atomic E-state index is 6.17. The lowest BCUT2D eigenvalue weighted by Crippen LogP contribution is -1.86. The van der Waals surface area contributed by atoms with Gasteiger partial charge in [0.1, 0.15) is 11.2 Å². The Morgan fingerprint density at radius 3 is 2.00 bits per heavy atom. The van der Waals surface area contributed by atoms with Gasteiger partial charge in [-0.1, -0.05) is 88.2 Å². The quantitative estimate of drug-likeness (QED) is 0.231. The lowest BCUT2D eigenvalue weighted by molar-refractivity contribution is 0.669. The molecule has 0 aliphatic rings. The van der Waals surface area contributed by atoms with Crippen molar-refractivity contribution in [3.63, 3.8) is 0 Å². The number of hydrogen-bond acceptors (Lipinski definition) is 1. The van der Waals surface area contributed by atoms with Gasteiger partial charge >= 0.3 is 0 Å². The number of furan rings is 1. The minimum absolute atomic E-state index is 0.744. The maximum absolute atomic E-state index is 6.17. The minimum atomic E-state index is 0.744. The van der Waals surface area contributed by atoms with Crippen molar-refractivity contribution < 1.29 is 4.42 Å². The largest absolute Gasteiger partial charge is 0.456 e. The number of fused-ring (bicyclic) bond motifs is 3. The summed E-state index contributed by atoms with van der Waals surface area (Å²) >= 11 is 9.65. The van der Waals surface area contributed by atoms with Gasteiger partial charge in [0, 0.05) is 20.3 Å². The molecule has 158 valence electrons. The molecule has 6 aromatic rings. The predicted molar refractivity (Wildman–Crippen MR) is 143 cm³/mol. The molecule has 0 spiro atoms. The first kappa shape index (κ1) is 20.3. The van der Waals surface area contributed by atoms with E-state index in [1.807, 2.05) is 24.3 Å². The average Bonchev–Trinajstić information content (AvgIpc) is 3.21. The molecular weight excluding hydrogens is 492 g/mol. The van der Waals surface area contributed by atoms with Gasteiger partial charge in [-0.25, -0.2) is 0 Å². The van der Waals surface area contributed by atoms with Crippen LogP contribution in [0, 0.1) is 0 Å². The molecule has 0 bridgehead atoms. The highest BCUT2D eigenvalue weighted by atomic mass is 79.9. The topological polar surface area (TPSA) is 13.1 Å². The van der Waals surface area contributed by atoms with Crippen LogP contribution in [0.25, 0.3) is 55.3 Å². The zero-order chi connectivity index (χ0) is 22.4. The number of rotatable bonds is 3. The van der Waals surface area contributed by atoms with Gasteiger partial charge in [0.25, 0.3) is 0 Å². The molecule has 33 heavy (non-hydrogen) atoms. The van der Waals surface area contributed by atoms with E-state index in [1.165, 1.54) is 16.7 Å². The SMILES string of the molecule is Clc1ccc(-c2cccc(-c3ccccc3-c3ccc4c(c3)oc3ccc(Br)cc34)c2)cc1. The van der Waals surface area contributed by atoms with Crippen molar-refractivity contribution in [1.82, 2.24) is 0 Å². The van der Waals surface area contributed by atoms with Crippen LogP contribution in [0.1, 0.15) is 0 Å². The molecule has 0 aliphatic carbocycles. The van der Waals surface area contributed by atoms with Gasteiger partial charge in [-0.2, -0.15) is 0 Å². The lowest BCUT2D eigenvalue weighted by Gasteiger charge is -2.12. The maximum Gasteiger partial charge on any atom is 0.136 e. The molecule has 0 radical (unpaired) electrons. The number of benzene rings is 5. The van der Waals surface area contributed by atoms with Crippen LogP contribution in [-0.4, -0.2) is 0 Å². The number of halogens is 2. The van der Waals surface area contributed by atoms with Gasteiger partial charge in [-0.15, -0.1) is 0 Å². The highest BCUT2D eigenvalue weighted by molar-refractivity contribution is 9.10. The molecule has 0 saturated heterocycles. The first-order valence-corrected chi connectivity index (χ1v) is 11.9. The molecule has 0 amide bonds. The second-order valence-corrected chi connectivity index (χ2v) is 9.44. The lowest BCUT2D eigenvalue weighted by atomic mass is 9.92. The molecule has 0 saturated carbocycles. The molecular formula is C30H18BrClO. The number of hydrogen-bond donors (Lipinski definition) is 0. The standard InChI is InChI=1S/C30H18BrClO/c31-23-11-15-29-28(18-23)27-14-10-22(17-30(27)33-29)26-7-2-1-6-25(26)21-5-3-4-20(16-21)19-8-12-24(32)13-9-19/h1-18H. The van der Waals surface area contributed by atoms with E-state index >= 15 is 0 Å². The summed E-state index contributed by atoms with van der Waals surface area (Å²) in [4.78, 5) is 0. The third kappa shape index (κ3) is 3.76. The van der Waals surface area contributed by atoms with Gasteiger partial charge in [0.2, 0.25) is 0 Å². The van der Waals surface area contributed by atoms with E-state index in [4.69, 9.17) is 16.0 Å². The molecule has 0 aliphatic heterocycles. The highest BCUT2D eigenvalue weighted by Crippen LogP contribution is 2.38. The van der Waals surface area contributed by atoms with Crippen LogP contribution < -0.4 is 0 Å². The van der Waals surface area contributed by atoms with E-state index in [-0.39, 0.29) is 0 Å². The van der Waals surface area contributed by atoms with Crippen LogP contribution in [-0.2, 0) is 0 Å². The van der Waals surface area contributed by atoms with Crippen LogP contribution >= 0.6 is 27.5 Å². The van der Waals surface area contributed by atoms with Crippen molar-refractivity contribution in [1.29, 1.82) is 0 Å². The normalized spacial score (nSPS) is 11.3. The van der Waals surface area contributed by atoms with Crippen LogP contribution in [0.3, 0.4) is 0 Å². The first-order valence-electron chi connectivity index (χ1n) is 10.7. The predicted octanol–water partition coefficient (Wildman–Crippen LogP) is 10.0. The molecule has 5 aromatic carbocycles. The fourth-order valence-electron chi connectivity index (χ4n) is 4.41. The highest BCUT2D eigenvalue weighted by Gasteiger charge is 2.12. The second kappa shape index (κ2) is 8.22. The Morgan fingerprint density at radius 1 is 0.515 bits per heavy atom. The molecule has 1 aromatic heterocycles. The van der Waals surface area contributed by atoms with Crippen LogP contribution in [0.2, 0.25) is 5.02 Å². The summed E-state index contributed by atoms with van der Waals surface area (Å²) in [6, 6.07) is 37.7. The van der Waals surface area contributed by atoms with Crippen molar-refractivity contribution in [3.05, 3.63) is 119 Å². The van der Waals surface area contributed by atoms with E-state index in [0.717, 1.165) is 48.1 Å². The molecule has 1 heterocycles. The Bertz CT molecular complexity index is 1630. The van der Waals surface area contributed by atoms with E-state index in [9.17, 15) is 0 Å². The fraction of sp³-hybridized carbons (Fsp3) is 0. The van der Waals surface area contributed by atoms with E-state index in [0.29, 0.717) is 0 Å². The molecule has 0 unspecified atom stereocenters. The molecule has 0 fully saturated rings. The molecule has 0 atom stereocenters. The van der Waals surface area contributed by atoms with Gasteiger partial charge in [0.05, 0.1) is 0 Å². The average molecular weight is 510 g/mol. The smallest absolute Gasteiger partial charge is 0.136 e. The summed E-state index contributed by atoms with van der Waals surface area (Å²) in [6.45, 7) is 0. The van der Waals surface area contributed by atoms with Crippen molar-refractivity contribution in [2.45, 2.75) is 0 Å². The summed E-state index contributed by atoms with van der Waals surface area (Å²) in [7, 11) is 0. The van der Waals surface area contributed by atoms with Crippen molar-refractivity contribution in [2.24, 2.45) is 0 Å². The zero-order valence-electron chi connectivity index (χ0n) is 17.6. The first-order chi connectivity index (χ1) is 16.2. The van der Waals surface area contributed by atoms with Gasteiger partial charge < -0.3 is 4.42 Å². The third-order valence-corrected chi connectivity index (χ3v) is 6.77. The summed E-state index contributed by atoms with van der Waals surface area (Å²) in [5.74, 6) is 0. The van der Waals surface area contributed by atoms with Gasteiger partial charge in [-0.3, -0.25) is 0 Å². The molecule has 6 rings (SSSR count). The molecule has 1 nitrogen and oxygen atoms in total.